The molecule has 0 aromatic carbocycles. The van der Waals surface area contributed by atoms with Gasteiger partial charge in [0.2, 0.25) is 0 Å². The first-order valence-corrected chi connectivity index (χ1v) is 7.42. The van der Waals surface area contributed by atoms with E-state index in [1.807, 2.05) is 33.1 Å². The van der Waals surface area contributed by atoms with Crippen molar-refractivity contribution in [2.24, 2.45) is 5.41 Å². The summed E-state index contributed by atoms with van der Waals surface area (Å²) < 4.78 is 5.00. The molecule has 1 heterocycles. The van der Waals surface area contributed by atoms with E-state index in [0.29, 0.717) is 23.7 Å². The van der Waals surface area contributed by atoms with E-state index in [1.165, 1.54) is 11.3 Å². The quantitative estimate of drug-likeness (QED) is 0.837. The van der Waals surface area contributed by atoms with Crippen molar-refractivity contribution in [2.75, 3.05) is 18.5 Å². The lowest BCUT2D eigenvalue weighted by Crippen LogP contribution is -2.35. The average molecular weight is 298 g/mol. The Hall–Kier alpha value is -1.56. The Morgan fingerprint density at radius 1 is 1.35 bits per heavy atom. The highest BCUT2D eigenvalue weighted by Crippen LogP contribution is 2.28. The van der Waals surface area contributed by atoms with E-state index in [9.17, 15) is 9.59 Å². The van der Waals surface area contributed by atoms with Crippen molar-refractivity contribution in [2.45, 2.75) is 34.6 Å². The fourth-order valence-electron chi connectivity index (χ4n) is 1.49. The van der Waals surface area contributed by atoms with E-state index in [4.69, 9.17) is 4.74 Å². The summed E-state index contributed by atoms with van der Waals surface area (Å²) in [6.45, 7) is 10.5. The normalized spacial score (nSPS) is 11.1. The fourth-order valence-corrected chi connectivity index (χ4v) is 2.41. The Labute approximate surface area is 123 Å². The molecule has 0 atom stereocenters. The van der Waals surface area contributed by atoms with E-state index < -0.39 is 5.97 Å². The van der Waals surface area contributed by atoms with Crippen molar-refractivity contribution >= 4 is 28.3 Å². The molecule has 2 N–H and O–H groups in total. The standard InChI is InChI=1S/C14H22N2O3S/c1-6-19-12(17)10-9(2)7-20-11(10)16-13(18)15-8-14(3,4)5/h7H,6,8H2,1-5H3,(H2,15,16,18). The van der Waals surface area contributed by atoms with Crippen LogP contribution in [0.2, 0.25) is 0 Å². The number of hydrogen-bond acceptors (Lipinski definition) is 4. The number of rotatable bonds is 4. The van der Waals surface area contributed by atoms with E-state index >= 15 is 0 Å². The van der Waals surface area contributed by atoms with Gasteiger partial charge in [0.25, 0.3) is 0 Å². The van der Waals surface area contributed by atoms with E-state index in [1.54, 1.807) is 6.92 Å². The first kappa shape index (κ1) is 16.5. The summed E-state index contributed by atoms with van der Waals surface area (Å²) in [5, 5.41) is 7.84. The molecule has 0 aliphatic carbocycles. The van der Waals surface area contributed by atoms with Crippen LogP contribution < -0.4 is 10.6 Å². The number of thiophene rings is 1. The summed E-state index contributed by atoms with van der Waals surface area (Å²) in [6, 6.07) is -0.313. The van der Waals surface area contributed by atoms with Crippen LogP contribution in [0.5, 0.6) is 0 Å². The molecule has 0 spiro atoms. The molecule has 0 saturated carbocycles. The van der Waals surface area contributed by atoms with Gasteiger partial charge in [-0.15, -0.1) is 11.3 Å². The summed E-state index contributed by atoms with van der Waals surface area (Å²) in [6.07, 6.45) is 0. The third-order valence-electron chi connectivity index (χ3n) is 2.46. The van der Waals surface area contributed by atoms with Gasteiger partial charge < -0.3 is 10.1 Å². The monoisotopic (exact) mass is 298 g/mol. The Bertz CT molecular complexity index is 489. The highest BCUT2D eigenvalue weighted by Gasteiger charge is 2.20. The maximum Gasteiger partial charge on any atom is 0.341 e. The third-order valence-corrected chi connectivity index (χ3v) is 3.47. The smallest absolute Gasteiger partial charge is 0.341 e. The van der Waals surface area contributed by atoms with Crippen LogP contribution in [-0.4, -0.2) is 25.2 Å². The lowest BCUT2D eigenvalue weighted by Gasteiger charge is -2.18. The molecular weight excluding hydrogens is 276 g/mol. The molecule has 1 rings (SSSR count). The summed E-state index contributed by atoms with van der Waals surface area (Å²) in [5.41, 5.74) is 1.24. The lowest BCUT2D eigenvalue weighted by atomic mass is 9.97. The Balaban J connectivity index is 2.73. The maximum absolute atomic E-state index is 11.9. The molecule has 5 nitrogen and oxygen atoms in total. The molecule has 112 valence electrons. The second-order valence-electron chi connectivity index (χ2n) is 5.71. The number of anilines is 1. The second-order valence-corrected chi connectivity index (χ2v) is 6.59. The number of amides is 2. The summed E-state index contributed by atoms with van der Waals surface area (Å²) in [5.74, 6) is -0.405. The highest BCUT2D eigenvalue weighted by molar-refractivity contribution is 7.15. The van der Waals surface area contributed by atoms with Crippen LogP contribution in [0, 0.1) is 12.3 Å². The van der Waals surface area contributed by atoms with Gasteiger partial charge in [-0.2, -0.15) is 0 Å². The van der Waals surface area contributed by atoms with Crippen molar-refractivity contribution in [3.8, 4) is 0 Å². The van der Waals surface area contributed by atoms with Crippen molar-refractivity contribution in [3.63, 3.8) is 0 Å². The molecule has 0 aliphatic rings. The van der Waals surface area contributed by atoms with Crippen LogP contribution in [0.1, 0.15) is 43.6 Å². The van der Waals surface area contributed by atoms with Crippen molar-refractivity contribution in [3.05, 3.63) is 16.5 Å². The number of urea groups is 1. The van der Waals surface area contributed by atoms with Crippen LogP contribution >= 0.6 is 11.3 Å². The maximum atomic E-state index is 11.9. The second kappa shape index (κ2) is 6.74. The molecule has 1 aromatic heterocycles. The average Bonchev–Trinajstić information content (AvgIpc) is 2.67. The number of nitrogens with one attached hydrogen (secondary N) is 2. The topological polar surface area (TPSA) is 67.4 Å². The van der Waals surface area contributed by atoms with Gasteiger partial charge in [-0.05, 0) is 30.2 Å². The van der Waals surface area contributed by atoms with Crippen LogP contribution in [0.15, 0.2) is 5.38 Å². The van der Waals surface area contributed by atoms with Gasteiger partial charge in [0.05, 0.1) is 12.2 Å². The Morgan fingerprint density at radius 2 is 2.00 bits per heavy atom. The highest BCUT2D eigenvalue weighted by atomic mass is 32.1. The zero-order chi connectivity index (χ0) is 15.3. The fraction of sp³-hybridized carbons (Fsp3) is 0.571. The summed E-state index contributed by atoms with van der Waals surface area (Å²) in [4.78, 5) is 23.7. The van der Waals surface area contributed by atoms with Crippen LogP contribution in [-0.2, 0) is 4.74 Å². The van der Waals surface area contributed by atoms with E-state index in [-0.39, 0.29) is 11.4 Å². The zero-order valence-electron chi connectivity index (χ0n) is 12.6. The summed E-state index contributed by atoms with van der Waals surface area (Å²) >= 11 is 1.32. The molecule has 0 saturated heterocycles. The number of ether oxygens (including phenoxy) is 1. The van der Waals surface area contributed by atoms with Crippen molar-refractivity contribution in [1.82, 2.24) is 5.32 Å². The van der Waals surface area contributed by atoms with Crippen LogP contribution in [0.4, 0.5) is 9.80 Å². The molecule has 0 fully saturated rings. The van der Waals surface area contributed by atoms with Crippen LogP contribution in [0.25, 0.3) is 0 Å². The van der Waals surface area contributed by atoms with Gasteiger partial charge in [0.1, 0.15) is 5.00 Å². The predicted octanol–water partition coefficient (Wildman–Crippen LogP) is 3.40. The van der Waals surface area contributed by atoms with Gasteiger partial charge in [-0.1, -0.05) is 20.8 Å². The Morgan fingerprint density at radius 3 is 2.55 bits per heavy atom. The van der Waals surface area contributed by atoms with Gasteiger partial charge in [0, 0.05) is 6.54 Å². The first-order valence-electron chi connectivity index (χ1n) is 6.54. The first-order chi connectivity index (χ1) is 9.24. The van der Waals surface area contributed by atoms with Crippen molar-refractivity contribution in [1.29, 1.82) is 0 Å². The minimum atomic E-state index is -0.405. The molecule has 20 heavy (non-hydrogen) atoms. The lowest BCUT2D eigenvalue weighted by molar-refractivity contribution is 0.0527. The molecule has 0 bridgehead atoms. The van der Waals surface area contributed by atoms with Gasteiger partial charge >= 0.3 is 12.0 Å². The third kappa shape index (κ3) is 4.85. The molecule has 1 aromatic rings. The van der Waals surface area contributed by atoms with E-state index in [2.05, 4.69) is 10.6 Å². The predicted molar refractivity (Wildman–Crippen MR) is 81.5 cm³/mol. The summed E-state index contributed by atoms with van der Waals surface area (Å²) in [7, 11) is 0. The Kier molecular flexibility index (Phi) is 5.56. The minimum Gasteiger partial charge on any atom is -0.462 e. The largest absolute Gasteiger partial charge is 0.462 e. The number of esters is 1. The molecule has 0 unspecified atom stereocenters. The molecule has 0 aliphatic heterocycles. The number of carbonyl (C=O) groups excluding carboxylic acids is 2. The van der Waals surface area contributed by atoms with Gasteiger partial charge in [-0.3, -0.25) is 5.32 Å². The molecule has 6 heteroatoms. The molecular formula is C14H22N2O3S. The minimum absolute atomic E-state index is 0.00662. The van der Waals surface area contributed by atoms with E-state index in [0.717, 1.165) is 5.56 Å². The van der Waals surface area contributed by atoms with Gasteiger partial charge in [-0.25, -0.2) is 9.59 Å². The van der Waals surface area contributed by atoms with Crippen LogP contribution in [0.3, 0.4) is 0 Å². The SMILES string of the molecule is CCOC(=O)c1c(C)csc1NC(=O)NCC(C)(C)C. The number of aryl methyl sites for hydroxylation is 1. The number of carbonyl (C=O) groups is 2. The number of hydrogen-bond donors (Lipinski definition) is 2. The zero-order valence-corrected chi connectivity index (χ0v) is 13.4. The molecule has 2 amide bonds. The van der Waals surface area contributed by atoms with Gasteiger partial charge in [0.15, 0.2) is 0 Å². The van der Waals surface area contributed by atoms with Crippen molar-refractivity contribution < 1.29 is 14.3 Å². The molecule has 0 radical (unpaired) electrons.